The number of carboxylic acids is 1. The van der Waals surface area contributed by atoms with Crippen LogP contribution in [-0.4, -0.2) is 32.7 Å². The van der Waals surface area contributed by atoms with Crippen LogP contribution in [0.3, 0.4) is 0 Å². The summed E-state index contributed by atoms with van der Waals surface area (Å²) in [6.45, 7) is 6.92. The van der Waals surface area contributed by atoms with E-state index in [-0.39, 0.29) is 5.69 Å². The minimum atomic E-state index is -1.08. The molecule has 0 unspecified atom stereocenters. The molecule has 1 aromatic carbocycles. The van der Waals surface area contributed by atoms with Gasteiger partial charge in [0.25, 0.3) is 0 Å². The van der Waals surface area contributed by atoms with Crippen LogP contribution in [0.25, 0.3) is 0 Å². The van der Waals surface area contributed by atoms with Gasteiger partial charge in [-0.15, -0.1) is 5.10 Å². The monoisotopic (exact) mass is 275 g/mol. The maximum atomic E-state index is 10.7. The maximum absolute atomic E-state index is 10.7. The quantitative estimate of drug-likeness (QED) is 0.902. The Labute approximate surface area is 117 Å². The van der Waals surface area contributed by atoms with Crippen LogP contribution in [-0.2, 0) is 6.54 Å². The molecule has 0 aliphatic carbocycles. The molecule has 6 nitrogen and oxygen atoms in total. The summed E-state index contributed by atoms with van der Waals surface area (Å²) in [6.07, 6.45) is 1.39. The molecule has 20 heavy (non-hydrogen) atoms. The van der Waals surface area contributed by atoms with Crippen LogP contribution in [0.15, 0.2) is 18.3 Å². The van der Waals surface area contributed by atoms with Crippen LogP contribution >= 0.6 is 0 Å². The van der Waals surface area contributed by atoms with Gasteiger partial charge in [-0.05, 0) is 31.9 Å². The van der Waals surface area contributed by atoms with Gasteiger partial charge in [0.05, 0.1) is 12.7 Å². The van der Waals surface area contributed by atoms with Crippen LogP contribution in [0.4, 0.5) is 0 Å². The summed E-state index contributed by atoms with van der Waals surface area (Å²) in [5.41, 5.74) is 3.32. The molecule has 1 aromatic heterocycles. The number of carboxylic acid groups (broad SMARTS) is 1. The standard InChI is InChI=1S/C14H17N3O3/c1-9-6-10(2)13(11(3)7-9)20-5-4-17-8-12(14(18)19)15-16-17/h6-8H,4-5H2,1-3H3,(H,18,19). The first-order chi connectivity index (χ1) is 9.47. The van der Waals surface area contributed by atoms with Gasteiger partial charge in [0.15, 0.2) is 5.69 Å². The number of hydrogen-bond donors (Lipinski definition) is 1. The van der Waals surface area contributed by atoms with E-state index in [0.29, 0.717) is 13.2 Å². The molecular formula is C14H17N3O3. The molecule has 0 atom stereocenters. The molecule has 0 saturated heterocycles. The Morgan fingerprint density at radius 3 is 2.50 bits per heavy atom. The average molecular weight is 275 g/mol. The summed E-state index contributed by atoms with van der Waals surface area (Å²) in [6, 6.07) is 4.14. The molecule has 0 spiro atoms. The van der Waals surface area contributed by atoms with Crippen molar-refractivity contribution in [3.63, 3.8) is 0 Å². The van der Waals surface area contributed by atoms with E-state index in [1.165, 1.54) is 16.4 Å². The van der Waals surface area contributed by atoms with Gasteiger partial charge in [0.2, 0.25) is 0 Å². The van der Waals surface area contributed by atoms with Crippen molar-refractivity contribution in [2.45, 2.75) is 27.3 Å². The molecule has 0 radical (unpaired) electrons. The van der Waals surface area contributed by atoms with Crippen LogP contribution in [0, 0.1) is 20.8 Å². The number of carbonyl (C=O) groups is 1. The number of aromatic nitrogens is 3. The molecule has 0 aliphatic heterocycles. The fraction of sp³-hybridized carbons (Fsp3) is 0.357. The van der Waals surface area contributed by atoms with Crippen LogP contribution in [0.1, 0.15) is 27.2 Å². The highest BCUT2D eigenvalue weighted by Crippen LogP contribution is 2.24. The number of rotatable bonds is 5. The number of hydrogen-bond acceptors (Lipinski definition) is 4. The van der Waals surface area contributed by atoms with Crippen molar-refractivity contribution in [1.82, 2.24) is 15.0 Å². The lowest BCUT2D eigenvalue weighted by Gasteiger charge is -2.12. The highest BCUT2D eigenvalue weighted by Gasteiger charge is 2.09. The molecule has 0 aliphatic rings. The van der Waals surface area contributed by atoms with E-state index < -0.39 is 5.97 Å². The lowest BCUT2D eigenvalue weighted by Crippen LogP contribution is -2.10. The lowest BCUT2D eigenvalue weighted by molar-refractivity contribution is 0.0690. The molecule has 0 bridgehead atoms. The normalized spacial score (nSPS) is 10.6. The highest BCUT2D eigenvalue weighted by molar-refractivity contribution is 5.84. The van der Waals surface area contributed by atoms with Gasteiger partial charge in [-0.3, -0.25) is 0 Å². The molecular weight excluding hydrogens is 258 g/mol. The molecule has 6 heteroatoms. The Bertz CT molecular complexity index is 611. The second-order valence-electron chi connectivity index (χ2n) is 4.75. The third kappa shape index (κ3) is 3.14. The SMILES string of the molecule is Cc1cc(C)c(OCCn2cc(C(=O)O)nn2)c(C)c1. The van der Waals surface area contributed by atoms with E-state index in [9.17, 15) is 4.79 Å². The Balaban J connectivity index is 1.97. The second-order valence-corrected chi connectivity index (χ2v) is 4.75. The largest absolute Gasteiger partial charge is 0.491 e. The van der Waals surface area contributed by atoms with Crippen molar-refractivity contribution in [3.8, 4) is 5.75 Å². The Morgan fingerprint density at radius 1 is 1.30 bits per heavy atom. The number of benzene rings is 1. The van der Waals surface area contributed by atoms with Gasteiger partial charge >= 0.3 is 5.97 Å². The first-order valence-corrected chi connectivity index (χ1v) is 6.31. The van der Waals surface area contributed by atoms with Crippen molar-refractivity contribution in [2.24, 2.45) is 0 Å². The number of aromatic carboxylic acids is 1. The predicted octanol–water partition coefficient (Wildman–Crippen LogP) is 1.98. The summed E-state index contributed by atoms with van der Waals surface area (Å²) in [5, 5.41) is 16.0. The number of nitrogens with zero attached hydrogens (tertiary/aromatic N) is 3. The molecule has 2 aromatic rings. The first-order valence-electron chi connectivity index (χ1n) is 6.31. The van der Waals surface area contributed by atoms with Crippen LogP contribution < -0.4 is 4.74 Å². The van der Waals surface area contributed by atoms with Crippen molar-refractivity contribution >= 4 is 5.97 Å². The smallest absolute Gasteiger partial charge is 0.358 e. The predicted molar refractivity (Wildman–Crippen MR) is 73.1 cm³/mol. The van der Waals surface area contributed by atoms with Gasteiger partial charge in [0, 0.05) is 0 Å². The topological polar surface area (TPSA) is 77.2 Å². The number of ether oxygens (including phenoxy) is 1. The minimum Gasteiger partial charge on any atom is -0.491 e. The van der Waals surface area contributed by atoms with Gasteiger partial charge in [-0.25, -0.2) is 9.48 Å². The van der Waals surface area contributed by atoms with Crippen LogP contribution in [0.2, 0.25) is 0 Å². The van der Waals surface area contributed by atoms with E-state index >= 15 is 0 Å². The zero-order valence-electron chi connectivity index (χ0n) is 11.8. The third-order valence-corrected chi connectivity index (χ3v) is 2.93. The van der Waals surface area contributed by atoms with E-state index in [2.05, 4.69) is 22.4 Å². The van der Waals surface area contributed by atoms with Crippen molar-refractivity contribution in [2.75, 3.05) is 6.61 Å². The Hall–Kier alpha value is -2.37. The molecule has 0 fully saturated rings. The van der Waals surface area contributed by atoms with Crippen molar-refractivity contribution in [1.29, 1.82) is 0 Å². The molecule has 0 amide bonds. The molecule has 0 saturated carbocycles. The van der Waals surface area contributed by atoms with E-state index in [0.717, 1.165) is 16.9 Å². The summed E-state index contributed by atoms with van der Waals surface area (Å²) >= 11 is 0. The zero-order chi connectivity index (χ0) is 14.7. The van der Waals surface area contributed by atoms with Gasteiger partial charge in [-0.2, -0.15) is 0 Å². The Kier molecular flexibility index (Phi) is 4.02. The first kappa shape index (κ1) is 14.0. The zero-order valence-corrected chi connectivity index (χ0v) is 11.8. The maximum Gasteiger partial charge on any atom is 0.358 e. The highest BCUT2D eigenvalue weighted by atomic mass is 16.5. The fourth-order valence-electron chi connectivity index (χ4n) is 2.14. The average Bonchev–Trinajstić information content (AvgIpc) is 2.81. The summed E-state index contributed by atoms with van der Waals surface area (Å²) in [4.78, 5) is 10.7. The lowest BCUT2D eigenvalue weighted by atomic mass is 10.1. The van der Waals surface area contributed by atoms with Crippen LogP contribution in [0.5, 0.6) is 5.75 Å². The summed E-state index contributed by atoms with van der Waals surface area (Å²) < 4.78 is 7.22. The summed E-state index contributed by atoms with van der Waals surface area (Å²) in [5.74, 6) is -0.212. The van der Waals surface area contributed by atoms with E-state index in [1.54, 1.807) is 0 Å². The third-order valence-electron chi connectivity index (χ3n) is 2.93. The summed E-state index contributed by atoms with van der Waals surface area (Å²) in [7, 11) is 0. The second kappa shape index (κ2) is 5.73. The molecule has 1 N–H and O–H groups in total. The minimum absolute atomic E-state index is 0.0623. The van der Waals surface area contributed by atoms with Crippen molar-refractivity contribution < 1.29 is 14.6 Å². The molecule has 1 heterocycles. The van der Waals surface area contributed by atoms with Gasteiger partial charge < -0.3 is 9.84 Å². The van der Waals surface area contributed by atoms with Crippen molar-refractivity contribution in [3.05, 3.63) is 40.7 Å². The van der Waals surface area contributed by atoms with Gasteiger partial charge in [-0.1, -0.05) is 22.9 Å². The molecule has 2 rings (SSSR count). The van der Waals surface area contributed by atoms with E-state index in [4.69, 9.17) is 9.84 Å². The Morgan fingerprint density at radius 2 is 1.95 bits per heavy atom. The fourth-order valence-corrected chi connectivity index (χ4v) is 2.14. The molecule has 106 valence electrons. The van der Waals surface area contributed by atoms with Gasteiger partial charge in [0.1, 0.15) is 12.4 Å². The number of aryl methyl sites for hydroxylation is 3. The van der Waals surface area contributed by atoms with E-state index in [1.807, 2.05) is 20.8 Å².